The lowest BCUT2D eigenvalue weighted by Crippen LogP contribution is -2.58. The van der Waals surface area contributed by atoms with Crippen LogP contribution >= 0.6 is 0 Å². The van der Waals surface area contributed by atoms with E-state index in [1.54, 1.807) is 4.90 Å². The molecule has 1 heterocycles. The Kier molecular flexibility index (Phi) is 4.61. The number of likely N-dealkylation sites (N-methyl/N-ethyl adjacent to an activating group) is 1. The number of likely N-dealkylation sites (tertiary alicyclic amines) is 1. The van der Waals surface area contributed by atoms with Gasteiger partial charge in [0, 0.05) is 24.5 Å². The molecule has 5 nitrogen and oxygen atoms in total. The molecule has 19 heavy (non-hydrogen) atoms. The standard InChI is InChI=1S/C14H26N2O3/c1-9-7-11(17)16(8-14(3,4)15(5)6)10(2)12(9)13(18)19/h9-10,12H,7-8H2,1-6H3,(H,18,19). The summed E-state index contributed by atoms with van der Waals surface area (Å²) < 4.78 is 0. The number of hydrogen-bond acceptors (Lipinski definition) is 3. The summed E-state index contributed by atoms with van der Waals surface area (Å²) in [6.45, 7) is 8.36. The van der Waals surface area contributed by atoms with Gasteiger partial charge in [-0.2, -0.15) is 0 Å². The minimum atomic E-state index is -0.805. The van der Waals surface area contributed by atoms with Crippen LogP contribution in [0.5, 0.6) is 0 Å². The van der Waals surface area contributed by atoms with Gasteiger partial charge in [-0.1, -0.05) is 6.92 Å². The molecule has 0 aromatic carbocycles. The molecule has 5 heteroatoms. The number of carbonyl (C=O) groups is 2. The van der Waals surface area contributed by atoms with Crippen molar-refractivity contribution in [3.63, 3.8) is 0 Å². The third kappa shape index (κ3) is 3.26. The molecule has 3 unspecified atom stereocenters. The Balaban J connectivity index is 2.93. The summed E-state index contributed by atoms with van der Waals surface area (Å²) in [5.41, 5.74) is -0.173. The van der Waals surface area contributed by atoms with Crippen molar-refractivity contribution in [1.82, 2.24) is 9.80 Å². The van der Waals surface area contributed by atoms with Crippen LogP contribution in [0.4, 0.5) is 0 Å². The van der Waals surface area contributed by atoms with Crippen LogP contribution in [0, 0.1) is 11.8 Å². The summed E-state index contributed by atoms with van der Waals surface area (Å²) in [5.74, 6) is -1.32. The van der Waals surface area contributed by atoms with E-state index in [0.29, 0.717) is 13.0 Å². The second-order valence-electron chi connectivity index (χ2n) is 6.51. The fourth-order valence-corrected chi connectivity index (χ4v) is 2.66. The Morgan fingerprint density at radius 2 is 1.95 bits per heavy atom. The zero-order valence-corrected chi connectivity index (χ0v) is 12.8. The first kappa shape index (κ1) is 16.0. The monoisotopic (exact) mass is 270 g/mol. The third-order valence-electron chi connectivity index (χ3n) is 4.49. The van der Waals surface area contributed by atoms with Crippen molar-refractivity contribution in [2.75, 3.05) is 20.6 Å². The summed E-state index contributed by atoms with van der Waals surface area (Å²) in [4.78, 5) is 27.4. The molecule has 1 aliphatic rings. The Morgan fingerprint density at radius 3 is 2.37 bits per heavy atom. The molecule has 1 rings (SSSR count). The highest BCUT2D eigenvalue weighted by Crippen LogP contribution is 2.31. The first-order valence-electron chi connectivity index (χ1n) is 6.77. The van der Waals surface area contributed by atoms with Crippen LogP contribution in [0.15, 0.2) is 0 Å². The van der Waals surface area contributed by atoms with Crippen molar-refractivity contribution in [1.29, 1.82) is 0 Å². The summed E-state index contributed by atoms with van der Waals surface area (Å²) in [5, 5.41) is 9.34. The topological polar surface area (TPSA) is 60.9 Å². The molecule has 1 fully saturated rings. The average molecular weight is 270 g/mol. The maximum Gasteiger partial charge on any atom is 0.308 e. The molecule has 0 aromatic heterocycles. The van der Waals surface area contributed by atoms with Gasteiger partial charge in [0.25, 0.3) is 0 Å². The van der Waals surface area contributed by atoms with Gasteiger partial charge in [-0.15, -0.1) is 0 Å². The lowest BCUT2D eigenvalue weighted by atomic mass is 9.80. The molecular formula is C14H26N2O3. The number of nitrogens with zero attached hydrogens (tertiary/aromatic N) is 2. The van der Waals surface area contributed by atoms with Crippen LogP contribution in [0.25, 0.3) is 0 Å². The van der Waals surface area contributed by atoms with Gasteiger partial charge in [0.1, 0.15) is 0 Å². The molecule has 0 saturated carbocycles. The Hall–Kier alpha value is -1.10. The van der Waals surface area contributed by atoms with E-state index in [1.807, 2.05) is 27.9 Å². The number of piperidine rings is 1. The summed E-state index contributed by atoms with van der Waals surface area (Å²) >= 11 is 0. The van der Waals surface area contributed by atoms with Gasteiger partial charge in [0.05, 0.1) is 5.92 Å². The molecule has 1 amide bonds. The average Bonchev–Trinajstić information content (AvgIpc) is 2.23. The predicted octanol–water partition coefficient (Wildman–Crippen LogP) is 1.28. The Labute approximate surface area is 115 Å². The second kappa shape index (κ2) is 5.49. The molecule has 1 aliphatic heterocycles. The Morgan fingerprint density at radius 1 is 1.42 bits per heavy atom. The SMILES string of the molecule is CC1CC(=O)N(CC(C)(C)N(C)C)C(C)C1C(=O)O. The number of hydrogen-bond donors (Lipinski definition) is 1. The van der Waals surface area contributed by atoms with Gasteiger partial charge in [0.2, 0.25) is 5.91 Å². The lowest BCUT2D eigenvalue weighted by molar-refractivity contribution is -0.156. The van der Waals surface area contributed by atoms with E-state index in [-0.39, 0.29) is 23.4 Å². The van der Waals surface area contributed by atoms with Crippen LogP contribution in [0.3, 0.4) is 0 Å². The van der Waals surface area contributed by atoms with E-state index in [4.69, 9.17) is 0 Å². The second-order valence-corrected chi connectivity index (χ2v) is 6.51. The van der Waals surface area contributed by atoms with Gasteiger partial charge in [-0.25, -0.2) is 0 Å². The van der Waals surface area contributed by atoms with Crippen molar-refractivity contribution in [3.05, 3.63) is 0 Å². The third-order valence-corrected chi connectivity index (χ3v) is 4.49. The molecule has 0 spiro atoms. The zero-order valence-electron chi connectivity index (χ0n) is 12.8. The first-order chi connectivity index (χ1) is 8.58. The molecule has 3 atom stereocenters. The molecular weight excluding hydrogens is 244 g/mol. The fraction of sp³-hybridized carbons (Fsp3) is 0.857. The highest BCUT2D eigenvalue weighted by Gasteiger charge is 2.43. The molecule has 110 valence electrons. The van der Waals surface area contributed by atoms with E-state index in [2.05, 4.69) is 18.7 Å². The number of carbonyl (C=O) groups excluding carboxylic acids is 1. The number of rotatable bonds is 4. The molecule has 0 aromatic rings. The number of carboxylic acids is 1. The zero-order chi connectivity index (χ0) is 15.0. The summed E-state index contributed by atoms with van der Waals surface area (Å²) in [6, 6.07) is -0.257. The van der Waals surface area contributed by atoms with Crippen LogP contribution in [-0.4, -0.2) is 59.0 Å². The number of amides is 1. The molecule has 0 aliphatic carbocycles. The molecule has 1 N–H and O–H groups in total. The van der Waals surface area contributed by atoms with Gasteiger partial charge in [-0.3, -0.25) is 9.59 Å². The fourth-order valence-electron chi connectivity index (χ4n) is 2.66. The maximum atomic E-state index is 12.2. The predicted molar refractivity (Wildman–Crippen MR) is 73.8 cm³/mol. The van der Waals surface area contributed by atoms with Crippen molar-refractivity contribution in [3.8, 4) is 0 Å². The molecule has 0 radical (unpaired) electrons. The largest absolute Gasteiger partial charge is 0.481 e. The van der Waals surface area contributed by atoms with Gasteiger partial charge >= 0.3 is 5.97 Å². The van der Waals surface area contributed by atoms with Crippen molar-refractivity contribution in [2.45, 2.75) is 45.7 Å². The van der Waals surface area contributed by atoms with Gasteiger partial charge in [0.15, 0.2) is 0 Å². The minimum absolute atomic E-state index is 0.0624. The quantitative estimate of drug-likeness (QED) is 0.836. The normalized spacial score (nSPS) is 28.9. The van der Waals surface area contributed by atoms with Crippen molar-refractivity contribution in [2.24, 2.45) is 11.8 Å². The smallest absolute Gasteiger partial charge is 0.308 e. The van der Waals surface area contributed by atoms with Crippen LogP contribution in [0.2, 0.25) is 0 Å². The number of carboxylic acid groups (broad SMARTS) is 1. The lowest BCUT2D eigenvalue weighted by Gasteiger charge is -2.45. The summed E-state index contributed by atoms with van der Waals surface area (Å²) in [6.07, 6.45) is 0.324. The van der Waals surface area contributed by atoms with Crippen LogP contribution in [0.1, 0.15) is 34.1 Å². The number of aliphatic carboxylic acids is 1. The van der Waals surface area contributed by atoms with E-state index >= 15 is 0 Å². The van der Waals surface area contributed by atoms with Crippen molar-refractivity contribution < 1.29 is 14.7 Å². The van der Waals surface area contributed by atoms with E-state index in [0.717, 1.165) is 0 Å². The van der Waals surface area contributed by atoms with E-state index in [9.17, 15) is 14.7 Å². The molecule has 0 bridgehead atoms. The highest BCUT2D eigenvalue weighted by molar-refractivity contribution is 5.82. The molecule has 1 saturated heterocycles. The van der Waals surface area contributed by atoms with Gasteiger partial charge < -0.3 is 14.9 Å². The van der Waals surface area contributed by atoms with Crippen molar-refractivity contribution >= 4 is 11.9 Å². The van der Waals surface area contributed by atoms with Crippen LogP contribution in [-0.2, 0) is 9.59 Å². The van der Waals surface area contributed by atoms with E-state index < -0.39 is 11.9 Å². The minimum Gasteiger partial charge on any atom is -0.481 e. The van der Waals surface area contributed by atoms with E-state index in [1.165, 1.54) is 0 Å². The first-order valence-corrected chi connectivity index (χ1v) is 6.77. The Bertz CT molecular complexity index is 366. The van der Waals surface area contributed by atoms with Gasteiger partial charge in [-0.05, 0) is 40.8 Å². The highest BCUT2D eigenvalue weighted by atomic mass is 16.4. The summed E-state index contributed by atoms with van der Waals surface area (Å²) in [7, 11) is 3.94. The van der Waals surface area contributed by atoms with Crippen LogP contribution < -0.4 is 0 Å². The maximum absolute atomic E-state index is 12.2.